The van der Waals surface area contributed by atoms with Gasteiger partial charge in [0.05, 0.1) is 24.3 Å². The van der Waals surface area contributed by atoms with Crippen LogP contribution in [0.25, 0.3) is 0 Å². The highest BCUT2D eigenvalue weighted by Gasteiger charge is 2.36. The molecule has 18 heavy (non-hydrogen) atoms. The maximum absolute atomic E-state index is 13.6. The molecule has 1 aromatic rings. The number of hydroxylamine groups is 2. The summed E-state index contributed by atoms with van der Waals surface area (Å²) in [6.07, 6.45) is -4.25. The second-order valence-electron chi connectivity index (χ2n) is 3.76. The van der Waals surface area contributed by atoms with E-state index >= 15 is 0 Å². The summed E-state index contributed by atoms with van der Waals surface area (Å²) in [4.78, 5) is 16.6. The summed E-state index contributed by atoms with van der Waals surface area (Å²) in [6.45, 7) is 0.542. The van der Waals surface area contributed by atoms with Gasteiger partial charge in [-0.05, 0) is 18.6 Å². The number of hydrogen-bond donors (Lipinski definition) is 0. The fourth-order valence-electron chi connectivity index (χ4n) is 1.66. The molecule has 0 unspecified atom stereocenters. The third-order valence-corrected chi connectivity index (χ3v) is 2.51. The van der Waals surface area contributed by atoms with E-state index in [4.69, 9.17) is 4.84 Å². The monoisotopic (exact) mass is 263 g/mol. The largest absolute Gasteiger partial charge is 0.419 e. The molecule has 0 saturated carbocycles. The molecular weight excluding hydrogens is 254 g/mol. The Morgan fingerprint density at radius 3 is 2.61 bits per heavy atom. The van der Waals surface area contributed by atoms with E-state index in [2.05, 4.69) is 0 Å². The number of nitrogens with zero attached hydrogens (tertiary/aromatic N) is 1. The van der Waals surface area contributed by atoms with Gasteiger partial charge in [-0.15, -0.1) is 0 Å². The quantitative estimate of drug-likeness (QED) is 0.729. The van der Waals surface area contributed by atoms with Crippen molar-refractivity contribution in [2.75, 3.05) is 13.2 Å². The van der Waals surface area contributed by atoms with Crippen LogP contribution in [0.3, 0.4) is 0 Å². The molecule has 0 radical (unpaired) electrons. The summed E-state index contributed by atoms with van der Waals surface area (Å²) in [6, 6.07) is 2.60. The summed E-state index contributed by atoms with van der Waals surface area (Å²) in [5.41, 5.74) is -2.08. The van der Waals surface area contributed by atoms with Gasteiger partial charge < -0.3 is 0 Å². The number of alkyl halides is 3. The molecule has 0 aromatic heterocycles. The van der Waals surface area contributed by atoms with Crippen molar-refractivity contribution in [2.45, 2.75) is 12.6 Å². The van der Waals surface area contributed by atoms with Gasteiger partial charge in [0.2, 0.25) is 0 Å². The summed E-state index contributed by atoms with van der Waals surface area (Å²) in [7, 11) is 0. The molecule has 1 aliphatic rings. The molecule has 7 heteroatoms. The molecule has 1 fully saturated rings. The lowest BCUT2D eigenvalue weighted by Gasteiger charge is -2.16. The minimum absolute atomic E-state index is 0.245. The molecule has 1 aromatic carbocycles. The Morgan fingerprint density at radius 2 is 2.06 bits per heavy atom. The van der Waals surface area contributed by atoms with E-state index in [1.165, 1.54) is 0 Å². The molecule has 1 aliphatic heterocycles. The van der Waals surface area contributed by atoms with Gasteiger partial charge in [0.25, 0.3) is 5.91 Å². The predicted molar refractivity (Wildman–Crippen MR) is 53.0 cm³/mol. The van der Waals surface area contributed by atoms with Crippen molar-refractivity contribution in [1.82, 2.24) is 5.06 Å². The van der Waals surface area contributed by atoms with Crippen LogP contribution in [0, 0.1) is 5.82 Å². The standard InChI is InChI=1S/C11H9F4NO2/c12-9-7(10(17)16-5-2-6-18-16)3-1-4-8(9)11(13,14)15/h1,3-4H,2,5-6H2. The van der Waals surface area contributed by atoms with Crippen LogP contribution in [0.5, 0.6) is 0 Å². The van der Waals surface area contributed by atoms with E-state index in [1.54, 1.807) is 0 Å². The molecule has 1 saturated heterocycles. The first kappa shape index (κ1) is 12.8. The zero-order chi connectivity index (χ0) is 13.3. The summed E-state index contributed by atoms with van der Waals surface area (Å²) < 4.78 is 51.1. The number of carbonyl (C=O) groups excluding carboxylic acids is 1. The second-order valence-corrected chi connectivity index (χ2v) is 3.76. The molecule has 1 heterocycles. The van der Waals surface area contributed by atoms with E-state index in [1.807, 2.05) is 0 Å². The lowest BCUT2D eigenvalue weighted by Crippen LogP contribution is -2.28. The lowest BCUT2D eigenvalue weighted by molar-refractivity contribution is -0.140. The smallest absolute Gasteiger partial charge is 0.271 e. The number of carbonyl (C=O) groups is 1. The van der Waals surface area contributed by atoms with Gasteiger partial charge in [-0.3, -0.25) is 9.63 Å². The second kappa shape index (κ2) is 4.56. The van der Waals surface area contributed by atoms with Gasteiger partial charge in [-0.25, -0.2) is 9.45 Å². The molecule has 0 spiro atoms. The van der Waals surface area contributed by atoms with Crippen molar-refractivity contribution in [3.63, 3.8) is 0 Å². The van der Waals surface area contributed by atoms with E-state index < -0.39 is 29.0 Å². The highest BCUT2D eigenvalue weighted by Crippen LogP contribution is 2.32. The van der Waals surface area contributed by atoms with E-state index in [0.29, 0.717) is 19.1 Å². The topological polar surface area (TPSA) is 29.5 Å². The molecule has 0 aliphatic carbocycles. The van der Waals surface area contributed by atoms with Crippen molar-refractivity contribution in [3.8, 4) is 0 Å². The Hall–Kier alpha value is -1.63. The van der Waals surface area contributed by atoms with Crippen LogP contribution in [-0.4, -0.2) is 24.1 Å². The Kier molecular flexibility index (Phi) is 3.25. The number of benzene rings is 1. The van der Waals surface area contributed by atoms with E-state index in [-0.39, 0.29) is 6.54 Å². The lowest BCUT2D eigenvalue weighted by atomic mass is 10.1. The van der Waals surface area contributed by atoms with Gasteiger partial charge in [-0.2, -0.15) is 13.2 Å². The van der Waals surface area contributed by atoms with Gasteiger partial charge in [0.15, 0.2) is 0 Å². The third-order valence-electron chi connectivity index (χ3n) is 2.51. The Labute approximate surface area is 99.9 Å². The van der Waals surface area contributed by atoms with Crippen molar-refractivity contribution in [1.29, 1.82) is 0 Å². The number of rotatable bonds is 1. The minimum atomic E-state index is -4.83. The Morgan fingerprint density at radius 1 is 1.33 bits per heavy atom. The van der Waals surface area contributed by atoms with Crippen LogP contribution in [-0.2, 0) is 11.0 Å². The fourth-order valence-corrected chi connectivity index (χ4v) is 1.66. The SMILES string of the molecule is O=C(c1cccc(C(F)(F)F)c1F)N1CCCO1. The summed E-state index contributed by atoms with van der Waals surface area (Å²) in [5, 5.41) is 0.874. The van der Waals surface area contributed by atoms with Crippen LogP contribution in [0.2, 0.25) is 0 Å². The molecule has 98 valence electrons. The molecule has 0 N–H and O–H groups in total. The fraction of sp³-hybridized carbons (Fsp3) is 0.364. The average Bonchev–Trinajstić information content (AvgIpc) is 2.80. The molecular formula is C11H9F4NO2. The summed E-state index contributed by atoms with van der Waals surface area (Å²) >= 11 is 0. The maximum Gasteiger partial charge on any atom is 0.419 e. The Bertz CT molecular complexity index is 467. The van der Waals surface area contributed by atoms with E-state index in [9.17, 15) is 22.4 Å². The van der Waals surface area contributed by atoms with Crippen molar-refractivity contribution in [3.05, 3.63) is 35.1 Å². The van der Waals surface area contributed by atoms with Gasteiger partial charge in [0.1, 0.15) is 5.82 Å². The molecule has 3 nitrogen and oxygen atoms in total. The van der Waals surface area contributed by atoms with Gasteiger partial charge in [0, 0.05) is 0 Å². The first-order valence-corrected chi connectivity index (χ1v) is 5.22. The van der Waals surface area contributed by atoms with Crippen LogP contribution >= 0.6 is 0 Å². The normalized spacial score (nSPS) is 16.1. The highest BCUT2D eigenvalue weighted by atomic mass is 19.4. The molecule has 0 bridgehead atoms. The maximum atomic E-state index is 13.6. The van der Waals surface area contributed by atoms with E-state index in [0.717, 1.165) is 17.2 Å². The molecule has 1 amide bonds. The average molecular weight is 263 g/mol. The van der Waals surface area contributed by atoms with Crippen molar-refractivity contribution >= 4 is 5.91 Å². The van der Waals surface area contributed by atoms with Crippen LogP contribution in [0.4, 0.5) is 17.6 Å². The minimum Gasteiger partial charge on any atom is -0.271 e. The Balaban J connectivity index is 2.36. The highest BCUT2D eigenvalue weighted by molar-refractivity contribution is 5.94. The molecule has 2 rings (SSSR count). The van der Waals surface area contributed by atoms with Crippen LogP contribution in [0.1, 0.15) is 22.3 Å². The zero-order valence-corrected chi connectivity index (χ0v) is 9.13. The third kappa shape index (κ3) is 2.31. The summed E-state index contributed by atoms with van der Waals surface area (Å²) in [5.74, 6) is -2.46. The van der Waals surface area contributed by atoms with Gasteiger partial charge in [-0.1, -0.05) is 6.07 Å². The van der Waals surface area contributed by atoms with Gasteiger partial charge >= 0.3 is 6.18 Å². The number of hydrogen-bond acceptors (Lipinski definition) is 2. The van der Waals surface area contributed by atoms with Crippen LogP contribution < -0.4 is 0 Å². The first-order valence-electron chi connectivity index (χ1n) is 5.22. The number of amides is 1. The first-order chi connectivity index (χ1) is 8.41. The predicted octanol–water partition coefficient (Wildman–Crippen LogP) is 2.62. The number of halogens is 4. The van der Waals surface area contributed by atoms with Crippen molar-refractivity contribution < 1.29 is 27.2 Å². The van der Waals surface area contributed by atoms with Crippen LogP contribution in [0.15, 0.2) is 18.2 Å². The zero-order valence-electron chi connectivity index (χ0n) is 9.13. The van der Waals surface area contributed by atoms with Crippen molar-refractivity contribution in [2.24, 2.45) is 0 Å². The molecule has 0 atom stereocenters.